The Balaban J connectivity index is 2.19. The Morgan fingerprint density at radius 1 is 1.19 bits per heavy atom. The maximum absolute atomic E-state index is 12.2. The third-order valence-electron chi connectivity index (χ3n) is 3.12. The van der Waals surface area contributed by atoms with Crippen molar-refractivity contribution in [3.63, 3.8) is 0 Å². The summed E-state index contributed by atoms with van der Waals surface area (Å²) in [7, 11) is 0. The van der Waals surface area contributed by atoms with Crippen molar-refractivity contribution in [2.75, 3.05) is 0 Å². The molecular formula is C13H14BrClO. The number of benzene rings is 1. The number of Topliss-reactive ketones (excluding diaryl/α,β-unsaturated/α-hetero) is 1. The fourth-order valence-electron chi connectivity index (χ4n) is 2.30. The number of hydrogen-bond acceptors (Lipinski definition) is 1. The van der Waals surface area contributed by atoms with E-state index in [0.29, 0.717) is 5.02 Å². The monoisotopic (exact) mass is 300 g/mol. The van der Waals surface area contributed by atoms with Crippen LogP contribution in [0.5, 0.6) is 0 Å². The minimum atomic E-state index is 0.208. The molecule has 0 atom stereocenters. The lowest BCUT2D eigenvalue weighted by molar-refractivity contribution is 0.0889. The molecule has 1 aromatic carbocycles. The van der Waals surface area contributed by atoms with Crippen LogP contribution in [0, 0.1) is 5.92 Å². The first-order valence-corrected chi connectivity index (χ1v) is 6.84. The zero-order valence-electron chi connectivity index (χ0n) is 9.01. The van der Waals surface area contributed by atoms with Gasteiger partial charge >= 0.3 is 0 Å². The van der Waals surface area contributed by atoms with Gasteiger partial charge in [-0.15, -0.1) is 0 Å². The Kier molecular flexibility index (Phi) is 4.04. The Morgan fingerprint density at radius 3 is 2.50 bits per heavy atom. The number of halogens is 2. The van der Waals surface area contributed by atoms with Gasteiger partial charge in [-0.3, -0.25) is 4.79 Å². The predicted molar refractivity (Wildman–Crippen MR) is 70.1 cm³/mol. The fourth-order valence-corrected chi connectivity index (χ4v) is 3.16. The van der Waals surface area contributed by atoms with E-state index in [1.165, 1.54) is 19.3 Å². The summed E-state index contributed by atoms with van der Waals surface area (Å²) in [5.41, 5.74) is 0.742. The van der Waals surface area contributed by atoms with Gasteiger partial charge in [0.2, 0.25) is 0 Å². The molecule has 1 aliphatic carbocycles. The molecule has 1 aromatic rings. The van der Waals surface area contributed by atoms with Crippen molar-refractivity contribution in [2.45, 2.75) is 32.1 Å². The lowest BCUT2D eigenvalue weighted by atomic mass is 9.84. The summed E-state index contributed by atoms with van der Waals surface area (Å²) in [6.07, 6.45) is 5.69. The Hall–Kier alpha value is -0.340. The van der Waals surface area contributed by atoms with Crippen molar-refractivity contribution in [1.82, 2.24) is 0 Å². The van der Waals surface area contributed by atoms with Crippen molar-refractivity contribution in [1.29, 1.82) is 0 Å². The molecule has 0 heterocycles. The molecular weight excluding hydrogens is 287 g/mol. The van der Waals surface area contributed by atoms with Crippen molar-refractivity contribution < 1.29 is 4.79 Å². The van der Waals surface area contributed by atoms with E-state index in [1.807, 2.05) is 6.07 Å². The predicted octanol–water partition coefficient (Wildman–Crippen LogP) is 4.87. The van der Waals surface area contributed by atoms with Crippen LogP contribution < -0.4 is 0 Å². The summed E-state index contributed by atoms with van der Waals surface area (Å²) in [6.45, 7) is 0. The topological polar surface area (TPSA) is 17.1 Å². The van der Waals surface area contributed by atoms with Gasteiger partial charge in [0.05, 0.1) is 0 Å². The van der Waals surface area contributed by atoms with E-state index in [9.17, 15) is 4.79 Å². The molecule has 0 N–H and O–H groups in total. The van der Waals surface area contributed by atoms with Gasteiger partial charge in [0.15, 0.2) is 5.78 Å². The Bertz CT molecular complexity index is 377. The van der Waals surface area contributed by atoms with E-state index in [1.54, 1.807) is 12.1 Å². The summed E-state index contributed by atoms with van der Waals surface area (Å²) < 4.78 is 0.874. The third-order valence-corrected chi connectivity index (χ3v) is 3.80. The van der Waals surface area contributed by atoms with E-state index >= 15 is 0 Å². The molecule has 86 valence electrons. The standard InChI is InChI=1S/C13H14BrClO/c14-11-6-10(7-12(15)8-11)13(16)9-4-2-1-3-5-9/h6-9H,1-5H2. The van der Waals surface area contributed by atoms with Crippen LogP contribution in [0.4, 0.5) is 0 Å². The molecule has 0 spiro atoms. The Morgan fingerprint density at radius 2 is 1.88 bits per heavy atom. The lowest BCUT2D eigenvalue weighted by Crippen LogP contribution is -2.17. The van der Waals surface area contributed by atoms with Crippen molar-refractivity contribution in [3.05, 3.63) is 33.3 Å². The van der Waals surface area contributed by atoms with Crippen LogP contribution in [0.2, 0.25) is 5.02 Å². The summed E-state index contributed by atoms with van der Waals surface area (Å²) in [4.78, 5) is 12.2. The van der Waals surface area contributed by atoms with E-state index in [4.69, 9.17) is 11.6 Å². The maximum Gasteiger partial charge on any atom is 0.166 e. The molecule has 0 radical (unpaired) electrons. The fraction of sp³-hybridized carbons (Fsp3) is 0.462. The smallest absolute Gasteiger partial charge is 0.166 e. The third kappa shape index (κ3) is 2.86. The molecule has 0 aliphatic heterocycles. The molecule has 1 nitrogen and oxygen atoms in total. The van der Waals surface area contributed by atoms with Crippen LogP contribution in [-0.2, 0) is 0 Å². The Labute approximate surface area is 109 Å². The van der Waals surface area contributed by atoms with Gasteiger partial charge in [-0.05, 0) is 31.0 Å². The molecule has 2 rings (SSSR count). The van der Waals surface area contributed by atoms with Gasteiger partial charge in [0, 0.05) is 21.0 Å². The molecule has 3 heteroatoms. The van der Waals surface area contributed by atoms with Crippen LogP contribution >= 0.6 is 27.5 Å². The summed E-state index contributed by atoms with van der Waals surface area (Å²) >= 11 is 9.32. The molecule has 1 fully saturated rings. The second kappa shape index (κ2) is 5.33. The highest BCUT2D eigenvalue weighted by Gasteiger charge is 2.22. The number of carbonyl (C=O) groups is 1. The molecule has 16 heavy (non-hydrogen) atoms. The number of rotatable bonds is 2. The second-order valence-corrected chi connectivity index (χ2v) is 5.71. The molecule has 1 saturated carbocycles. The SMILES string of the molecule is O=C(c1cc(Cl)cc(Br)c1)C1CCCCC1. The molecule has 0 amide bonds. The summed E-state index contributed by atoms with van der Waals surface area (Å²) in [6, 6.07) is 5.44. The van der Waals surface area contributed by atoms with Gasteiger partial charge in [-0.1, -0.05) is 46.8 Å². The number of ketones is 1. The minimum Gasteiger partial charge on any atom is -0.294 e. The van der Waals surface area contributed by atoms with Crippen LogP contribution in [0.3, 0.4) is 0 Å². The number of carbonyl (C=O) groups excluding carboxylic acids is 1. The van der Waals surface area contributed by atoms with Gasteiger partial charge in [-0.25, -0.2) is 0 Å². The largest absolute Gasteiger partial charge is 0.294 e. The van der Waals surface area contributed by atoms with Crippen molar-refractivity contribution in [3.8, 4) is 0 Å². The highest BCUT2D eigenvalue weighted by molar-refractivity contribution is 9.10. The summed E-state index contributed by atoms with van der Waals surface area (Å²) in [5.74, 6) is 0.460. The molecule has 0 bridgehead atoms. The zero-order chi connectivity index (χ0) is 11.5. The summed E-state index contributed by atoms with van der Waals surface area (Å²) in [5, 5.41) is 0.619. The average molecular weight is 302 g/mol. The zero-order valence-corrected chi connectivity index (χ0v) is 11.4. The maximum atomic E-state index is 12.2. The van der Waals surface area contributed by atoms with Gasteiger partial charge in [0.1, 0.15) is 0 Å². The van der Waals surface area contributed by atoms with Crippen molar-refractivity contribution in [2.24, 2.45) is 5.92 Å². The first-order chi connectivity index (χ1) is 7.66. The lowest BCUT2D eigenvalue weighted by Gasteiger charge is -2.20. The van der Waals surface area contributed by atoms with Crippen LogP contribution in [-0.4, -0.2) is 5.78 Å². The van der Waals surface area contributed by atoms with Crippen LogP contribution in [0.25, 0.3) is 0 Å². The highest BCUT2D eigenvalue weighted by atomic mass is 79.9. The number of hydrogen-bond donors (Lipinski definition) is 0. The van der Waals surface area contributed by atoms with E-state index in [0.717, 1.165) is 22.9 Å². The molecule has 0 saturated heterocycles. The van der Waals surface area contributed by atoms with Gasteiger partial charge in [-0.2, -0.15) is 0 Å². The molecule has 0 aromatic heterocycles. The van der Waals surface area contributed by atoms with Crippen LogP contribution in [0.15, 0.2) is 22.7 Å². The molecule has 0 unspecified atom stereocenters. The second-order valence-electron chi connectivity index (χ2n) is 4.36. The molecule has 1 aliphatic rings. The van der Waals surface area contributed by atoms with Crippen LogP contribution in [0.1, 0.15) is 42.5 Å². The van der Waals surface area contributed by atoms with E-state index in [-0.39, 0.29) is 11.7 Å². The van der Waals surface area contributed by atoms with Gasteiger partial charge in [0.25, 0.3) is 0 Å². The quantitative estimate of drug-likeness (QED) is 0.713. The van der Waals surface area contributed by atoms with E-state index < -0.39 is 0 Å². The van der Waals surface area contributed by atoms with Crippen molar-refractivity contribution >= 4 is 33.3 Å². The van der Waals surface area contributed by atoms with Gasteiger partial charge < -0.3 is 0 Å². The first-order valence-electron chi connectivity index (χ1n) is 5.67. The minimum absolute atomic E-state index is 0.208. The normalized spacial score (nSPS) is 17.4. The highest BCUT2D eigenvalue weighted by Crippen LogP contribution is 2.29. The van der Waals surface area contributed by atoms with E-state index in [2.05, 4.69) is 15.9 Å². The average Bonchev–Trinajstić information content (AvgIpc) is 2.28. The first kappa shape index (κ1) is 12.1.